The zero-order chi connectivity index (χ0) is 19.3. The summed E-state index contributed by atoms with van der Waals surface area (Å²) in [5.41, 5.74) is 4.64. The van der Waals surface area contributed by atoms with Gasteiger partial charge in [0.2, 0.25) is 5.91 Å². The first-order valence-electron chi connectivity index (χ1n) is 9.08. The van der Waals surface area contributed by atoms with Crippen molar-refractivity contribution in [2.75, 3.05) is 26.9 Å². The Morgan fingerprint density at radius 3 is 2.73 bits per heavy atom. The molecule has 0 radical (unpaired) electrons. The Kier molecular flexibility index (Phi) is 7.03. The number of carboxylic acid groups (broad SMARTS) is 1. The largest absolute Gasteiger partial charge is 0.482 e. The molecule has 144 valence electrons. The Balaban J connectivity index is 2.15. The van der Waals surface area contributed by atoms with Gasteiger partial charge in [-0.1, -0.05) is 6.92 Å². The third-order valence-electron chi connectivity index (χ3n) is 5.32. The predicted molar refractivity (Wildman–Crippen MR) is 98.6 cm³/mol. The first kappa shape index (κ1) is 20.2. The van der Waals surface area contributed by atoms with E-state index in [4.69, 9.17) is 14.6 Å². The van der Waals surface area contributed by atoms with Crippen molar-refractivity contribution in [2.24, 2.45) is 11.8 Å². The standard InChI is InChI=1S/C20H29NO5/c1-12-9-18(26-11-19(22)23)14(3)17-10-15(5-6-16(12)17)13(2)20(24)21-7-8-25-4/h9,13,15H,5-8,10-11H2,1-4H3,(H,21,24)(H,22,23)/t13?,15-/m1/s1. The van der Waals surface area contributed by atoms with Crippen LogP contribution in [0.5, 0.6) is 5.75 Å². The zero-order valence-corrected chi connectivity index (χ0v) is 16.1. The molecule has 2 N–H and O–H groups in total. The topological polar surface area (TPSA) is 84.9 Å². The van der Waals surface area contributed by atoms with Gasteiger partial charge in [0.05, 0.1) is 6.61 Å². The predicted octanol–water partition coefficient (Wildman–Crippen LogP) is 2.27. The normalized spacial score (nSPS) is 17.3. The molecule has 0 bridgehead atoms. The number of ether oxygens (including phenoxy) is 2. The molecule has 0 heterocycles. The van der Waals surface area contributed by atoms with Crippen LogP contribution < -0.4 is 10.1 Å². The molecule has 1 unspecified atom stereocenters. The molecular weight excluding hydrogens is 334 g/mol. The van der Waals surface area contributed by atoms with E-state index in [2.05, 4.69) is 5.32 Å². The van der Waals surface area contributed by atoms with Gasteiger partial charge in [-0.15, -0.1) is 0 Å². The minimum atomic E-state index is -0.987. The lowest BCUT2D eigenvalue weighted by Crippen LogP contribution is -2.37. The molecule has 2 atom stereocenters. The van der Waals surface area contributed by atoms with Crippen molar-refractivity contribution in [3.05, 3.63) is 28.3 Å². The fraction of sp³-hybridized carbons (Fsp3) is 0.600. The summed E-state index contributed by atoms with van der Waals surface area (Å²) in [6.07, 6.45) is 2.72. The maximum atomic E-state index is 12.4. The van der Waals surface area contributed by atoms with Crippen molar-refractivity contribution in [1.82, 2.24) is 5.32 Å². The molecule has 6 heteroatoms. The fourth-order valence-electron chi connectivity index (χ4n) is 3.69. The molecule has 1 amide bonds. The lowest BCUT2D eigenvalue weighted by molar-refractivity contribution is -0.139. The highest BCUT2D eigenvalue weighted by molar-refractivity contribution is 5.78. The molecule has 0 spiro atoms. The van der Waals surface area contributed by atoms with Gasteiger partial charge < -0.3 is 19.9 Å². The van der Waals surface area contributed by atoms with E-state index in [-0.39, 0.29) is 24.3 Å². The van der Waals surface area contributed by atoms with E-state index in [1.54, 1.807) is 7.11 Å². The number of carbonyl (C=O) groups excluding carboxylic acids is 1. The smallest absolute Gasteiger partial charge is 0.341 e. The third-order valence-corrected chi connectivity index (χ3v) is 5.32. The van der Waals surface area contributed by atoms with Crippen molar-refractivity contribution in [3.8, 4) is 5.75 Å². The monoisotopic (exact) mass is 363 g/mol. The summed E-state index contributed by atoms with van der Waals surface area (Å²) < 4.78 is 10.4. The summed E-state index contributed by atoms with van der Waals surface area (Å²) >= 11 is 0. The van der Waals surface area contributed by atoms with Crippen LogP contribution in [0.3, 0.4) is 0 Å². The van der Waals surface area contributed by atoms with Crippen LogP contribution >= 0.6 is 0 Å². The van der Waals surface area contributed by atoms with E-state index in [0.29, 0.717) is 18.9 Å². The van der Waals surface area contributed by atoms with E-state index < -0.39 is 5.97 Å². The number of nitrogens with one attached hydrogen (secondary N) is 1. The van der Waals surface area contributed by atoms with Crippen molar-refractivity contribution in [2.45, 2.75) is 40.0 Å². The summed E-state index contributed by atoms with van der Waals surface area (Å²) in [6, 6.07) is 1.93. The van der Waals surface area contributed by atoms with E-state index in [1.807, 2.05) is 26.8 Å². The van der Waals surface area contributed by atoms with Crippen LogP contribution in [0.15, 0.2) is 6.07 Å². The quantitative estimate of drug-likeness (QED) is 0.692. The number of rotatable bonds is 8. The van der Waals surface area contributed by atoms with Crippen molar-refractivity contribution >= 4 is 11.9 Å². The molecule has 1 aromatic carbocycles. The van der Waals surface area contributed by atoms with Crippen molar-refractivity contribution < 1.29 is 24.2 Å². The second-order valence-electron chi connectivity index (χ2n) is 7.03. The molecule has 0 fully saturated rings. The summed E-state index contributed by atoms with van der Waals surface area (Å²) in [5.74, 6) is -0.121. The summed E-state index contributed by atoms with van der Waals surface area (Å²) in [7, 11) is 1.61. The highest BCUT2D eigenvalue weighted by atomic mass is 16.5. The fourth-order valence-corrected chi connectivity index (χ4v) is 3.69. The molecule has 0 aliphatic heterocycles. The molecule has 26 heavy (non-hydrogen) atoms. The number of aryl methyl sites for hydroxylation is 1. The molecule has 6 nitrogen and oxygen atoms in total. The maximum Gasteiger partial charge on any atom is 0.341 e. The second kappa shape index (κ2) is 9.03. The van der Waals surface area contributed by atoms with Crippen LogP contribution in [-0.2, 0) is 27.2 Å². The van der Waals surface area contributed by atoms with Crippen LogP contribution in [0.1, 0.15) is 35.6 Å². The number of carbonyl (C=O) groups is 2. The van der Waals surface area contributed by atoms with E-state index in [9.17, 15) is 9.59 Å². The third kappa shape index (κ3) is 4.75. The average molecular weight is 363 g/mol. The van der Waals surface area contributed by atoms with Gasteiger partial charge in [-0.05, 0) is 67.3 Å². The highest BCUT2D eigenvalue weighted by Crippen LogP contribution is 2.37. The molecule has 1 aromatic rings. The molecule has 1 aliphatic carbocycles. The zero-order valence-electron chi connectivity index (χ0n) is 16.1. The van der Waals surface area contributed by atoms with Gasteiger partial charge in [-0.2, -0.15) is 0 Å². The van der Waals surface area contributed by atoms with Gasteiger partial charge in [0.15, 0.2) is 6.61 Å². The first-order chi connectivity index (χ1) is 12.3. The molecule has 0 saturated heterocycles. The van der Waals surface area contributed by atoms with Gasteiger partial charge >= 0.3 is 5.97 Å². The molecule has 2 rings (SSSR count). The maximum absolute atomic E-state index is 12.4. The SMILES string of the molecule is COCCNC(=O)C(C)[C@@H]1CCc2c(C)cc(OCC(=O)O)c(C)c2C1. The Morgan fingerprint density at radius 2 is 2.08 bits per heavy atom. The van der Waals surface area contributed by atoms with Crippen LogP contribution in [0.2, 0.25) is 0 Å². The van der Waals surface area contributed by atoms with Gasteiger partial charge in [0, 0.05) is 19.6 Å². The Labute approximate surface area is 154 Å². The van der Waals surface area contributed by atoms with Gasteiger partial charge in [0.25, 0.3) is 0 Å². The van der Waals surface area contributed by atoms with E-state index in [1.165, 1.54) is 11.1 Å². The summed E-state index contributed by atoms with van der Waals surface area (Å²) in [5, 5.41) is 11.8. The second-order valence-corrected chi connectivity index (χ2v) is 7.03. The van der Waals surface area contributed by atoms with Crippen LogP contribution in [-0.4, -0.2) is 43.9 Å². The van der Waals surface area contributed by atoms with E-state index >= 15 is 0 Å². The van der Waals surface area contributed by atoms with Crippen LogP contribution in [0, 0.1) is 25.7 Å². The van der Waals surface area contributed by atoms with Gasteiger partial charge in [-0.3, -0.25) is 4.79 Å². The number of benzene rings is 1. The number of amides is 1. The first-order valence-corrected chi connectivity index (χ1v) is 9.08. The number of hydrogen-bond donors (Lipinski definition) is 2. The minimum Gasteiger partial charge on any atom is -0.482 e. The molecular formula is C20H29NO5. The van der Waals surface area contributed by atoms with Crippen LogP contribution in [0.25, 0.3) is 0 Å². The van der Waals surface area contributed by atoms with Gasteiger partial charge in [-0.25, -0.2) is 4.79 Å². The number of methoxy groups -OCH3 is 1. The Hall–Kier alpha value is -2.08. The summed E-state index contributed by atoms with van der Waals surface area (Å²) in [4.78, 5) is 23.2. The Bertz CT molecular complexity index is 671. The molecule has 1 aliphatic rings. The minimum absolute atomic E-state index is 0.0585. The molecule has 0 aromatic heterocycles. The lowest BCUT2D eigenvalue weighted by atomic mass is 9.74. The van der Waals surface area contributed by atoms with Gasteiger partial charge in [0.1, 0.15) is 5.75 Å². The number of fused-ring (bicyclic) bond motifs is 1. The number of hydrogen-bond acceptors (Lipinski definition) is 4. The highest BCUT2D eigenvalue weighted by Gasteiger charge is 2.30. The van der Waals surface area contributed by atoms with Crippen LogP contribution in [0.4, 0.5) is 0 Å². The average Bonchev–Trinajstić information content (AvgIpc) is 2.62. The number of aliphatic carboxylic acids is 1. The summed E-state index contributed by atoms with van der Waals surface area (Å²) in [6.45, 7) is 6.67. The lowest BCUT2D eigenvalue weighted by Gasteiger charge is -2.31. The number of carboxylic acids is 1. The Morgan fingerprint density at radius 1 is 1.35 bits per heavy atom. The molecule has 0 saturated carbocycles. The van der Waals surface area contributed by atoms with Crippen molar-refractivity contribution in [1.29, 1.82) is 0 Å². The van der Waals surface area contributed by atoms with E-state index in [0.717, 1.165) is 30.4 Å². The van der Waals surface area contributed by atoms with Crippen molar-refractivity contribution in [3.63, 3.8) is 0 Å².